The van der Waals surface area contributed by atoms with Gasteiger partial charge in [-0.2, -0.15) is 0 Å². The minimum Gasteiger partial charge on any atom is -0.396 e. The minimum atomic E-state index is 0.236. The number of aryl methyl sites for hydroxylation is 2. The predicted molar refractivity (Wildman–Crippen MR) is 58.4 cm³/mol. The van der Waals surface area contributed by atoms with Gasteiger partial charge >= 0.3 is 0 Å². The zero-order chi connectivity index (χ0) is 10.2. The highest BCUT2D eigenvalue weighted by Crippen LogP contribution is 2.48. The smallest absolute Gasteiger partial charge is 0.0490 e. The molecular formula is C13H18O. The Balaban J connectivity index is 2.17. The first kappa shape index (κ1) is 9.72. The summed E-state index contributed by atoms with van der Waals surface area (Å²) in [5.41, 5.74) is 4.33. The molecule has 1 nitrogen and oxygen atoms in total. The van der Waals surface area contributed by atoms with Gasteiger partial charge < -0.3 is 5.11 Å². The van der Waals surface area contributed by atoms with Crippen LogP contribution in [-0.4, -0.2) is 11.7 Å². The van der Waals surface area contributed by atoms with Crippen molar-refractivity contribution in [1.82, 2.24) is 0 Å². The number of hydrogen-bond acceptors (Lipinski definition) is 1. The van der Waals surface area contributed by atoms with Crippen molar-refractivity contribution in [2.24, 2.45) is 5.41 Å². The minimum absolute atomic E-state index is 0.236. The molecule has 1 aliphatic rings. The maximum Gasteiger partial charge on any atom is 0.0490 e. The molecule has 0 atom stereocenters. The molecule has 1 aliphatic carbocycles. The van der Waals surface area contributed by atoms with Crippen molar-refractivity contribution >= 4 is 0 Å². The molecule has 2 rings (SSSR count). The second kappa shape index (κ2) is 3.39. The average molecular weight is 190 g/mol. The van der Waals surface area contributed by atoms with Gasteiger partial charge in [-0.15, -0.1) is 0 Å². The Hall–Kier alpha value is -0.820. The molecule has 0 radical (unpaired) electrons. The van der Waals surface area contributed by atoms with Crippen molar-refractivity contribution in [3.63, 3.8) is 0 Å². The van der Waals surface area contributed by atoms with Gasteiger partial charge in [-0.1, -0.05) is 23.8 Å². The van der Waals surface area contributed by atoms with Gasteiger partial charge in [-0.25, -0.2) is 0 Å². The van der Waals surface area contributed by atoms with Crippen LogP contribution in [0, 0.1) is 19.3 Å². The number of aliphatic hydroxyl groups excluding tert-OH is 1. The largest absolute Gasteiger partial charge is 0.396 e. The molecular weight excluding hydrogens is 172 g/mol. The Morgan fingerprint density at radius 2 is 2.00 bits per heavy atom. The van der Waals surface area contributed by atoms with Crippen LogP contribution in [0.1, 0.15) is 29.5 Å². The molecule has 0 spiro atoms. The fraction of sp³-hybridized carbons (Fsp3) is 0.538. The highest BCUT2D eigenvalue weighted by Gasteiger charge is 2.41. The Bertz CT molecular complexity index is 337. The summed E-state index contributed by atoms with van der Waals surface area (Å²) in [4.78, 5) is 0. The van der Waals surface area contributed by atoms with E-state index in [2.05, 4.69) is 32.0 Å². The summed E-state index contributed by atoms with van der Waals surface area (Å²) >= 11 is 0. The van der Waals surface area contributed by atoms with Crippen LogP contribution >= 0.6 is 0 Å². The lowest BCUT2D eigenvalue weighted by Crippen LogP contribution is -2.10. The van der Waals surface area contributed by atoms with Crippen molar-refractivity contribution in [3.05, 3.63) is 34.9 Å². The first-order chi connectivity index (χ1) is 6.65. The monoisotopic (exact) mass is 190 g/mol. The molecule has 1 fully saturated rings. The van der Waals surface area contributed by atoms with Crippen LogP contribution in [-0.2, 0) is 6.42 Å². The molecule has 76 valence electrons. The zero-order valence-corrected chi connectivity index (χ0v) is 9.01. The quantitative estimate of drug-likeness (QED) is 0.776. The molecule has 0 amide bonds. The third kappa shape index (κ3) is 1.83. The summed E-state index contributed by atoms with van der Waals surface area (Å²) in [6, 6.07) is 6.60. The molecule has 0 aliphatic heterocycles. The van der Waals surface area contributed by atoms with E-state index in [4.69, 9.17) is 0 Å². The lowest BCUT2D eigenvalue weighted by molar-refractivity contribution is 0.211. The van der Waals surface area contributed by atoms with Crippen molar-refractivity contribution in [2.75, 3.05) is 6.61 Å². The fourth-order valence-electron chi connectivity index (χ4n) is 2.02. The SMILES string of the molecule is Cc1ccc(CC2(CO)CC2)c(C)c1. The molecule has 14 heavy (non-hydrogen) atoms. The van der Waals surface area contributed by atoms with Crippen LogP contribution in [0.2, 0.25) is 0 Å². The number of rotatable bonds is 3. The topological polar surface area (TPSA) is 20.2 Å². The average Bonchev–Trinajstić information content (AvgIpc) is 2.91. The molecule has 1 aromatic rings. The van der Waals surface area contributed by atoms with Gasteiger partial charge in [-0.3, -0.25) is 0 Å². The van der Waals surface area contributed by atoms with E-state index in [1.807, 2.05) is 0 Å². The Morgan fingerprint density at radius 1 is 1.29 bits per heavy atom. The summed E-state index contributed by atoms with van der Waals surface area (Å²) in [6.07, 6.45) is 3.43. The van der Waals surface area contributed by atoms with Crippen molar-refractivity contribution in [3.8, 4) is 0 Å². The second-order valence-corrected chi connectivity index (χ2v) is 4.76. The van der Waals surface area contributed by atoms with Gasteiger partial charge in [0.25, 0.3) is 0 Å². The normalized spacial score (nSPS) is 18.2. The lowest BCUT2D eigenvalue weighted by atomic mass is 9.93. The van der Waals surface area contributed by atoms with Gasteiger partial charge in [0.2, 0.25) is 0 Å². The predicted octanol–water partition coefficient (Wildman–Crippen LogP) is 2.62. The Kier molecular flexibility index (Phi) is 2.36. The van der Waals surface area contributed by atoms with Crippen LogP contribution in [0.3, 0.4) is 0 Å². The first-order valence-corrected chi connectivity index (χ1v) is 5.32. The van der Waals surface area contributed by atoms with Gasteiger partial charge in [0.15, 0.2) is 0 Å². The van der Waals surface area contributed by atoms with E-state index >= 15 is 0 Å². The summed E-state index contributed by atoms with van der Waals surface area (Å²) in [7, 11) is 0. The van der Waals surface area contributed by atoms with Gasteiger partial charge in [0, 0.05) is 6.61 Å². The van der Waals surface area contributed by atoms with Gasteiger partial charge in [0.05, 0.1) is 0 Å². The molecule has 0 unspecified atom stereocenters. The van der Waals surface area contributed by atoms with E-state index in [0.29, 0.717) is 6.61 Å². The van der Waals surface area contributed by atoms with Crippen LogP contribution in [0.5, 0.6) is 0 Å². The summed E-state index contributed by atoms with van der Waals surface area (Å²) in [5.74, 6) is 0. The Morgan fingerprint density at radius 3 is 2.50 bits per heavy atom. The molecule has 1 heteroatoms. The summed E-state index contributed by atoms with van der Waals surface area (Å²) in [5, 5.41) is 9.26. The van der Waals surface area contributed by atoms with Crippen LogP contribution in [0.4, 0.5) is 0 Å². The molecule has 0 aromatic heterocycles. The molecule has 0 saturated heterocycles. The fourth-order valence-corrected chi connectivity index (χ4v) is 2.02. The third-order valence-corrected chi connectivity index (χ3v) is 3.36. The van der Waals surface area contributed by atoms with Crippen LogP contribution in [0.15, 0.2) is 18.2 Å². The van der Waals surface area contributed by atoms with E-state index < -0.39 is 0 Å². The van der Waals surface area contributed by atoms with Crippen molar-refractivity contribution in [2.45, 2.75) is 33.1 Å². The standard InChI is InChI=1S/C13H18O/c1-10-3-4-12(11(2)7-10)8-13(9-14)5-6-13/h3-4,7,14H,5-6,8-9H2,1-2H3. The van der Waals surface area contributed by atoms with E-state index in [-0.39, 0.29) is 5.41 Å². The maximum absolute atomic E-state index is 9.26. The van der Waals surface area contributed by atoms with Gasteiger partial charge in [0.1, 0.15) is 0 Å². The van der Waals surface area contributed by atoms with Crippen molar-refractivity contribution in [1.29, 1.82) is 0 Å². The maximum atomic E-state index is 9.26. The third-order valence-electron chi connectivity index (χ3n) is 3.36. The molecule has 1 saturated carbocycles. The lowest BCUT2D eigenvalue weighted by Gasteiger charge is -2.13. The molecule has 0 heterocycles. The summed E-state index contributed by atoms with van der Waals surface area (Å²) < 4.78 is 0. The van der Waals surface area contributed by atoms with E-state index in [1.165, 1.54) is 29.5 Å². The summed E-state index contributed by atoms with van der Waals surface area (Å²) in [6.45, 7) is 4.63. The molecule has 1 aromatic carbocycles. The second-order valence-electron chi connectivity index (χ2n) is 4.76. The highest BCUT2D eigenvalue weighted by atomic mass is 16.3. The molecule has 0 bridgehead atoms. The highest BCUT2D eigenvalue weighted by molar-refractivity contribution is 5.32. The number of benzene rings is 1. The van der Waals surface area contributed by atoms with Crippen molar-refractivity contribution < 1.29 is 5.11 Å². The van der Waals surface area contributed by atoms with E-state index in [1.54, 1.807) is 0 Å². The number of hydrogen-bond donors (Lipinski definition) is 1. The zero-order valence-electron chi connectivity index (χ0n) is 9.01. The van der Waals surface area contributed by atoms with Crippen LogP contribution < -0.4 is 0 Å². The van der Waals surface area contributed by atoms with Crippen LogP contribution in [0.25, 0.3) is 0 Å². The first-order valence-electron chi connectivity index (χ1n) is 5.32. The van der Waals surface area contributed by atoms with E-state index in [9.17, 15) is 5.11 Å². The number of aliphatic hydroxyl groups is 1. The molecule has 1 N–H and O–H groups in total. The van der Waals surface area contributed by atoms with E-state index in [0.717, 1.165) is 6.42 Å². The Labute approximate surface area is 85.8 Å². The van der Waals surface area contributed by atoms with Gasteiger partial charge in [-0.05, 0) is 49.7 Å².